The van der Waals surface area contributed by atoms with E-state index in [-0.39, 0.29) is 11.1 Å². The third-order valence-electron chi connectivity index (χ3n) is 3.68. The van der Waals surface area contributed by atoms with Crippen LogP contribution in [0.1, 0.15) is 26.2 Å². The van der Waals surface area contributed by atoms with Crippen molar-refractivity contribution in [1.29, 1.82) is 0 Å². The van der Waals surface area contributed by atoms with Gasteiger partial charge >= 0.3 is 0 Å². The lowest BCUT2D eigenvalue weighted by atomic mass is 10.3. The zero-order valence-corrected chi connectivity index (χ0v) is 15.1. The van der Waals surface area contributed by atoms with Gasteiger partial charge in [-0.15, -0.1) is 11.8 Å². The number of pyridine rings is 1. The molecule has 2 aromatic heterocycles. The lowest BCUT2D eigenvalue weighted by Gasteiger charge is -2.12. The summed E-state index contributed by atoms with van der Waals surface area (Å²) in [6, 6.07) is 6.06. The normalized spacial score (nSPS) is 16.7. The molecule has 0 N–H and O–H groups in total. The van der Waals surface area contributed by atoms with Crippen molar-refractivity contribution in [2.45, 2.75) is 31.2 Å². The zero-order chi connectivity index (χ0) is 16.9. The minimum atomic E-state index is -0.143. The van der Waals surface area contributed by atoms with Crippen molar-refractivity contribution in [3.05, 3.63) is 41.6 Å². The second-order valence-electron chi connectivity index (χ2n) is 5.38. The van der Waals surface area contributed by atoms with Crippen molar-refractivity contribution < 1.29 is 9.59 Å². The number of amides is 2. The van der Waals surface area contributed by atoms with Gasteiger partial charge in [0.2, 0.25) is 0 Å². The molecule has 2 aromatic rings. The van der Waals surface area contributed by atoms with Crippen molar-refractivity contribution in [2.24, 2.45) is 0 Å². The van der Waals surface area contributed by atoms with Gasteiger partial charge in [-0.1, -0.05) is 19.1 Å². The monoisotopic (exact) mass is 361 g/mol. The number of rotatable bonds is 7. The molecule has 7 heteroatoms. The van der Waals surface area contributed by atoms with Gasteiger partial charge in [0, 0.05) is 18.9 Å². The largest absolute Gasteiger partial charge is 0.294 e. The van der Waals surface area contributed by atoms with E-state index < -0.39 is 0 Å². The molecule has 1 fully saturated rings. The Kier molecular flexibility index (Phi) is 5.63. The lowest BCUT2D eigenvalue weighted by Crippen LogP contribution is -2.29. The van der Waals surface area contributed by atoms with E-state index in [2.05, 4.69) is 15.5 Å². The molecule has 2 amide bonds. The summed E-state index contributed by atoms with van der Waals surface area (Å²) in [5.41, 5.74) is 0.945. The van der Waals surface area contributed by atoms with Crippen molar-refractivity contribution >= 4 is 40.3 Å². The maximum Gasteiger partial charge on any atom is 0.293 e. The van der Waals surface area contributed by atoms with Crippen LogP contribution in [0.2, 0.25) is 0 Å². The first-order chi connectivity index (χ1) is 11.7. The SMILES string of the molecule is CCC=C1SC(=O)N(CCCCSc2cccc3nccn23)C1=O. The Morgan fingerprint density at radius 3 is 3.00 bits per heavy atom. The Labute approximate surface area is 149 Å². The van der Waals surface area contributed by atoms with Gasteiger partial charge in [-0.25, -0.2) is 4.98 Å². The highest BCUT2D eigenvalue weighted by Crippen LogP contribution is 2.31. The molecule has 0 aromatic carbocycles. The average molecular weight is 361 g/mol. The fraction of sp³-hybridized carbons (Fsp3) is 0.353. The third kappa shape index (κ3) is 3.67. The van der Waals surface area contributed by atoms with Gasteiger partial charge in [-0.05, 0) is 48.9 Å². The van der Waals surface area contributed by atoms with E-state index in [0.717, 1.165) is 47.5 Å². The number of unbranched alkanes of at least 4 members (excludes halogenated alkanes) is 1. The van der Waals surface area contributed by atoms with Crippen LogP contribution in [0, 0.1) is 0 Å². The standard InChI is InChI=1S/C17H19N3O2S2/c1-2-6-13-16(21)20(17(22)24-13)10-3-4-12-23-15-8-5-7-14-18-9-11-19(14)15/h5-9,11H,2-4,10,12H2,1H3. The van der Waals surface area contributed by atoms with E-state index in [4.69, 9.17) is 0 Å². The molecule has 5 nitrogen and oxygen atoms in total. The number of carbonyl (C=O) groups is 2. The summed E-state index contributed by atoms with van der Waals surface area (Å²) >= 11 is 2.82. The molecule has 3 rings (SSSR count). The Balaban J connectivity index is 1.46. The summed E-state index contributed by atoms with van der Waals surface area (Å²) in [6.07, 6.45) is 8.12. The molecular formula is C17H19N3O2S2. The van der Waals surface area contributed by atoms with E-state index in [1.54, 1.807) is 18.0 Å². The quantitative estimate of drug-likeness (QED) is 0.420. The second-order valence-corrected chi connectivity index (χ2v) is 7.48. The van der Waals surface area contributed by atoms with E-state index in [0.29, 0.717) is 11.4 Å². The molecule has 3 heterocycles. The second kappa shape index (κ2) is 7.90. The Hall–Kier alpha value is -1.73. The highest BCUT2D eigenvalue weighted by molar-refractivity contribution is 8.18. The fourth-order valence-electron chi connectivity index (χ4n) is 2.50. The van der Waals surface area contributed by atoms with Crippen LogP contribution in [-0.2, 0) is 4.79 Å². The fourth-order valence-corrected chi connectivity index (χ4v) is 4.45. The number of hydrogen-bond acceptors (Lipinski definition) is 5. The van der Waals surface area contributed by atoms with Crippen LogP contribution >= 0.6 is 23.5 Å². The van der Waals surface area contributed by atoms with E-state index >= 15 is 0 Å². The maximum atomic E-state index is 12.1. The first-order valence-electron chi connectivity index (χ1n) is 7.99. The minimum Gasteiger partial charge on any atom is -0.294 e. The molecule has 0 spiro atoms. The molecular weight excluding hydrogens is 342 g/mol. The number of carbonyl (C=O) groups excluding carboxylic acids is 2. The van der Waals surface area contributed by atoms with E-state index in [9.17, 15) is 9.59 Å². The number of hydrogen-bond donors (Lipinski definition) is 0. The molecule has 0 bridgehead atoms. The maximum absolute atomic E-state index is 12.1. The number of thioether (sulfide) groups is 2. The van der Waals surface area contributed by atoms with Gasteiger partial charge in [-0.2, -0.15) is 0 Å². The first-order valence-corrected chi connectivity index (χ1v) is 9.79. The molecule has 24 heavy (non-hydrogen) atoms. The summed E-state index contributed by atoms with van der Waals surface area (Å²) in [5.74, 6) is 0.806. The van der Waals surface area contributed by atoms with E-state index in [1.807, 2.05) is 31.3 Å². The van der Waals surface area contributed by atoms with E-state index in [1.165, 1.54) is 4.90 Å². The predicted molar refractivity (Wildman–Crippen MR) is 98.2 cm³/mol. The van der Waals surface area contributed by atoms with Crippen LogP contribution in [0.3, 0.4) is 0 Å². The zero-order valence-electron chi connectivity index (χ0n) is 13.5. The summed E-state index contributed by atoms with van der Waals surface area (Å²) < 4.78 is 2.07. The van der Waals surface area contributed by atoms with Gasteiger partial charge in [0.15, 0.2) is 0 Å². The number of fused-ring (bicyclic) bond motifs is 1. The molecule has 126 valence electrons. The van der Waals surface area contributed by atoms with Gasteiger partial charge in [0.25, 0.3) is 11.1 Å². The van der Waals surface area contributed by atoms with Crippen LogP contribution in [-0.4, -0.2) is 37.7 Å². The molecule has 1 aliphatic heterocycles. The molecule has 0 unspecified atom stereocenters. The summed E-state index contributed by atoms with van der Waals surface area (Å²) in [5, 5.41) is 1.01. The minimum absolute atomic E-state index is 0.136. The summed E-state index contributed by atoms with van der Waals surface area (Å²) in [6.45, 7) is 2.47. The van der Waals surface area contributed by atoms with Gasteiger partial charge < -0.3 is 0 Å². The molecule has 0 aliphatic carbocycles. The van der Waals surface area contributed by atoms with Crippen LogP contribution in [0.4, 0.5) is 4.79 Å². The topological polar surface area (TPSA) is 54.7 Å². The number of imide groups is 1. The molecule has 0 radical (unpaired) electrons. The highest BCUT2D eigenvalue weighted by atomic mass is 32.2. The Morgan fingerprint density at radius 2 is 2.17 bits per heavy atom. The highest BCUT2D eigenvalue weighted by Gasteiger charge is 2.33. The van der Waals surface area contributed by atoms with Gasteiger partial charge in [0.1, 0.15) is 5.65 Å². The van der Waals surface area contributed by atoms with Crippen molar-refractivity contribution in [3.63, 3.8) is 0 Å². The third-order valence-corrected chi connectivity index (χ3v) is 5.76. The van der Waals surface area contributed by atoms with Gasteiger partial charge in [-0.3, -0.25) is 18.9 Å². The van der Waals surface area contributed by atoms with Gasteiger partial charge in [0.05, 0.1) is 9.93 Å². The van der Waals surface area contributed by atoms with Crippen LogP contribution < -0.4 is 0 Å². The number of allylic oxidation sites excluding steroid dienone is 1. The lowest BCUT2D eigenvalue weighted by molar-refractivity contribution is -0.122. The van der Waals surface area contributed by atoms with Crippen LogP contribution in [0.15, 0.2) is 46.6 Å². The molecule has 1 saturated heterocycles. The smallest absolute Gasteiger partial charge is 0.293 e. The van der Waals surface area contributed by atoms with Crippen molar-refractivity contribution in [2.75, 3.05) is 12.3 Å². The molecule has 0 atom stereocenters. The predicted octanol–water partition coefficient (Wildman–Crippen LogP) is 4.20. The van der Waals surface area contributed by atoms with Crippen molar-refractivity contribution in [3.8, 4) is 0 Å². The molecule has 1 aliphatic rings. The first kappa shape index (κ1) is 17.1. The summed E-state index contributed by atoms with van der Waals surface area (Å²) in [4.78, 5) is 30.2. The average Bonchev–Trinajstić information content (AvgIpc) is 3.15. The summed E-state index contributed by atoms with van der Waals surface area (Å²) in [7, 11) is 0. The van der Waals surface area contributed by atoms with Crippen LogP contribution in [0.5, 0.6) is 0 Å². The molecule has 0 saturated carbocycles. The number of imidazole rings is 1. The number of aromatic nitrogens is 2. The number of nitrogens with zero attached hydrogens (tertiary/aromatic N) is 3. The Bertz CT molecular complexity index is 785. The van der Waals surface area contributed by atoms with Crippen molar-refractivity contribution in [1.82, 2.24) is 14.3 Å². The van der Waals surface area contributed by atoms with Crippen LogP contribution in [0.25, 0.3) is 5.65 Å². The Morgan fingerprint density at radius 1 is 1.29 bits per heavy atom.